The van der Waals surface area contributed by atoms with Crippen molar-refractivity contribution in [1.82, 2.24) is 4.98 Å². The molecule has 0 amide bonds. The SMILES string of the molecule is O=C(O)c1cccc(N=Cc2c(O)[nH]c(=O)c3ccc(Br)cc23)c1. The van der Waals surface area contributed by atoms with Crippen LogP contribution < -0.4 is 5.56 Å². The second-order valence-electron chi connectivity index (χ2n) is 5.02. The third-order valence-electron chi connectivity index (χ3n) is 3.44. The molecule has 3 aromatic rings. The Morgan fingerprint density at radius 1 is 1.17 bits per heavy atom. The van der Waals surface area contributed by atoms with E-state index in [-0.39, 0.29) is 11.4 Å². The molecule has 3 rings (SSSR count). The van der Waals surface area contributed by atoms with E-state index >= 15 is 0 Å². The highest BCUT2D eigenvalue weighted by atomic mass is 79.9. The van der Waals surface area contributed by atoms with Crippen LogP contribution in [-0.4, -0.2) is 27.4 Å². The molecule has 24 heavy (non-hydrogen) atoms. The van der Waals surface area contributed by atoms with Gasteiger partial charge in [0.25, 0.3) is 5.56 Å². The van der Waals surface area contributed by atoms with Crippen molar-refractivity contribution >= 4 is 44.6 Å². The maximum Gasteiger partial charge on any atom is 0.335 e. The minimum absolute atomic E-state index is 0.114. The zero-order valence-corrected chi connectivity index (χ0v) is 13.7. The minimum Gasteiger partial charge on any atom is -0.494 e. The van der Waals surface area contributed by atoms with Crippen molar-refractivity contribution < 1.29 is 15.0 Å². The molecule has 0 bridgehead atoms. The van der Waals surface area contributed by atoms with Crippen LogP contribution in [-0.2, 0) is 0 Å². The fourth-order valence-corrected chi connectivity index (χ4v) is 2.66. The van der Waals surface area contributed by atoms with E-state index in [0.29, 0.717) is 22.0 Å². The zero-order chi connectivity index (χ0) is 17.3. The van der Waals surface area contributed by atoms with Gasteiger partial charge in [-0.15, -0.1) is 0 Å². The number of nitrogens with zero attached hydrogens (tertiary/aromatic N) is 1. The summed E-state index contributed by atoms with van der Waals surface area (Å²) in [5.74, 6) is -1.35. The van der Waals surface area contributed by atoms with Gasteiger partial charge in [-0.2, -0.15) is 0 Å². The van der Waals surface area contributed by atoms with E-state index in [1.807, 2.05) is 0 Å². The van der Waals surface area contributed by atoms with Crippen molar-refractivity contribution in [2.24, 2.45) is 4.99 Å². The van der Waals surface area contributed by atoms with Gasteiger partial charge < -0.3 is 10.2 Å². The van der Waals surface area contributed by atoms with E-state index in [1.165, 1.54) is 18.3 Å². The number of H-pyrrole nitrogens is 1. The van der Waals surface area contributed by atoms with Crippen LogP contribution in [0.3, 0.4) is 0 Å². The Bertz CT molecular complexity index is 1040. The van der Waals surface area contributed by atoms with E-state index in [0.717, 1.165) is 4.47 Å². The Hall–Kier alpha value is -2.93. The Balaban J connectivity index is 2.13. The summed E-state index contributed by atoms with van der Waals surface area (Å²) < 4.78 is 0.752. The van der Waals surface area contributed by atoms with Crippen molar-refractivity contribution in [3.05, 3.63) is 68.4 Å². The molecule has 0 unspecified atom stereocenters. The second kappa shape index (κ2) is 6.29. The summed E-state index contributed by atoms with van der Waals surface area (Å²) in [5.41, 5.74) is 0.471. The lowest BCUT2D eigenvalue weighted by Crippen LogP contribution is -2.08. The first kappa shape index (κ1) is 15.9. The first-order valence-corrected chi connectivity index (χ1v) is 7.67. The van der Waals surface area contributed by atoms with Crippen molar-refractivity contribution in [3.63, 3.8) is 0 Å². The maximum absolute atomic E-state index is 11.9. The standard InChI is InChI=1S/C17H11BrN2O4/c18-10-4-5-12-13(7-10)14(16(22)20-15(12)21)8-19-11-3-1-2-9(6-11)17(23)24/h1-8H,(H,23,24)(H2,20,21,22). The summed E-state index contributed by atoms with van der Waals surface area (Å²) >= 11 is 3.33. The van der Waals surface area contributed by atoms with Gasteiger partial charge in [0, 0.05) is 21.5 Å². The number of carbonyl (C=O) groups is 1. The molecule has 0 fully saturated rings. The number of carboxylic acid groups (broad SMARTS) is 1. The summed E-state index contributed by atoms with van der Waals surface area (Å²) in [4.78, 5) is 29.5. The number of aliphatic imine (C=N–C) groups is 1. The fourth-order valence-electron chi connectivity index (χ4n) is 2.30. The van der Waals surface area contributed by atoms with Crippen LogP contribution in [0.25, 0.3) is 10.8 Å². The van der Waals surface area contributed by atoms with Crippen LogP contribution in [0.15, 0.2) is 56.7 Å². The highest BCUT2D eigenvalue weighted by Gasteiger charge is 2.10. The van der Waals surface area contributed by atoms with Gasteiger partial charge in [-0.1, -0.05) is 22.0 Å². The van der Waals surface area contributed by atoms with Gasteiger partial charge in [-0.3, -0.25) is 14.8 Å². The molecule has 0 radical (unpaired) electrons. The van der Waals surface area contributed by atoms with Crippen LogP contribution in [0.1, 0.15) is 15.9 Å². The number of benzene rings is 2. The number of halogens is 1. The third-order valence-corrected chi connectivity index (χ3v) is 3.93. The molecule has 1 aromatic heterocycles. The number of aromatic hydroxyl groups is 1. The zero-order valence-electron chi connectivity index (χ0n) is 12.2. The van der Waals surface area contributed by atoms with Crippen LogP contribution >= 0.6 is 15.9 Å². The first-order valence-electron chi connectivity index (χ1n) is 6.87. The molecule has 120 valence electrons. The van der Waals surface area contributed by atoms with Crippen LogP contribution in [0, 0.1) is 0 Å². The highest BCUT2D eigenvalue weighted by molar-refractivity contribution is 9.10. The third kappa shape index (κ3) is 3.07. The summed E-state index contributed by atoms with van der Waals surface area (Å²) in [7, 11) is 0. The quantitative estimate of drug-likeness (QED) is 0.599. The van der Waals surface area contributed by atoms with Crippen molar-refractivity contribution in [3.8, 4) is 5.88 Å². The number of aromatic carboxylic acids is 1. The molecule has 7 heteroatoms. The number of aromatic nitrogens is 1. The van der Waals surface area contributed by atoms with Crippen LogP contribution in [0.5, 0.6) is 5.88 Å². The Morgan fingerprint density at radius 2 is 1.96 bits per heavy atom. The normalized spacial score (nSPS) is 11.2. The Morgan fingerprint density at radius 3 is 2.71 bits per heavy atom. The molecule has 0 aliphatic rings. The van der Waals surface area contributed by atoms with E-state index in [1.54, 1.807) is 30.3 Å². The number of hydrogen-bond acceptors (Lipinski definition) is 4. The van der Waals surface area contributed by atoms with Crippen LogP contribution in [0.2, 0.25) is 0 Å². The van der Waals surface area contributed by atoms with Crippen LogP contribution in [0.4, 0.5) is 5.69 Å². The van der Waals surface area contributed by atoms with Gasteiger partial charge in [0.1, 0.15) is 0 Å². The summed E-state index contributed by atoms with van der Waals surface area (Å²) in [6.07, 6.45) is 1.39. The molecule has 1 heterocycles. The Kier molecular flexibility index (Phi) is 4.18. The van der Waals surface area contributed by atoms with E-state index < -0.39 is 11.5 Å². The number of carboxylic acids is 1. The predicted octanol–water partition coefficient (Wildman–Crippen LogP) is 3.45. The van der Waals surface area contributed by atoms with Gasteiger partial charge in [0.05, 0.1) is 16.8 Å². The van der Waals surface area contributed by atoms with Crippen molar-refractivity contribution in [2.75, 3.05) is 0 Å². The number of nitrogens with one attached hydrogen (secondary N) is 1. The average Bonchev–Trinajstić information content (AvgIpc) is 2.54. The summed E-state index contributed by atoms with van der Waals surface area (Å²) in [6.45, 7) is 0. The molecule has 6 nitrogen and oxygen atoms in total. The lowest BCUT2D eigenvalue weighted by molar-refractivity contribution is 0.0697. The molecular formula is C17H11BrN2O4. The number of fused-ring (bicyclic) bond motifs is 1. The molecule has 3 N–H and O–H groups in total. The molecular weight excluding hydrogens is 376 g/mol. The first-order chi connectivity index (χ1) is 11.5. The molecule has 2 aromatic carbocycles. The summed E-state index contributed by atoms with van der Waals surface area (Å²) in [5, 5.41) is 20.0. The van der Waals surface area contributed by atoms with Crippen molar-refractivity contribution in [1.29, 1.82) is 0 Å². The minimum atomic E-state index is -1.05. The summed E-state index contributed by atoms with van der Waals surface area (Å²) in [6, 6.07) is 11.2. The fraction of sp³-hybridized carbons (Fsp3) is 0. The van der Waals surface area contributed by atoms with E-state index in [9.17, 15) is 14.7 Å². The molecule has 0 aliphatic heterocycles. The van der Waals surface area contributed by atoms with E-state index in [4.69, 9.17) is 5.11 Å². The number of aromatic amines is 1. The molecule has 0 saturated heterocycles. The molecule has 0 aliphatic carbocycles. The smallest absolute Gasteiger partial charge is 0.335 e. The lowest BCUT2D eigenvalue weighted by Gasteiger charge is -2.05. The van der Waals surface area contributed by atoms with Crippen molar-refractivity contribution in [2.45, 2.75) is 0 Å². The number of rotatable bonds is 3. The van der Waals surface area contributed by atoms with E-state index in [2.05, 4.69) is 25.9 Å². The maximum atomic E-state index is 11.9. The van der Waals surface area contributed by atoms with Gasteiger partial charge in [-0.25, -0.2) is 4.79 Å². The Labute approximate surface area is 144 Å². The second-order valence-corrected chi connectivity index (χ2v) is 5.94. The highest BCUT2D eigenvalue weighted by Crippen LogP contribution is 2.25. The monoisotopic (exact) mass is 386 g/mol. The number of pyridine rings is 1. The van der Waals surface area contributed by atoms with Gasteiger partial charge in [0.15, 0.2) is 0 Å². The molecule has 0 atom stereocenters. The topological polar surface area (TPSA) is 103 Å². The van der Waals surface area contributed by atoms with Gasteiger partial charge in [0.2, 0.25) is 5.88 Å². The largest absolute Gasteiger partial charge is 0.494 e. The average molecular weight is 387 g/mol. The molecule has 0 spiro atoms. The van der Waals surface area contributed by atoms with Gasteiger partial charge in [-0.05, 0) is 36.4 Å². The molecule has 0 saturated carbocycles. The van der Waals surface area contributed by atoms with Gasteiger partial charge >= 0.3 is 5.97 Å². The predicted molar refractivity (Wildman–Crippen MR) is 94.6 cm³/mol. The number of hydrogen-bond donors (Lipinski definition) is 3. The lowest BCUT2D eigenvalue weighted by atomic mass is 10.1.